The number of nitrogens with one attached hydrogen (secondary N) is 1. The number of hydrogen-bond acceptors (Lipinski definition) is 5. The molecule has 0 aliphatic heterocycles. The minimum atomic E-state index is -3.30. The molecule has 0 amide bonds. The molecule has 1 heterocycles. The van der Waals surface area contributed by atoms with Crippen molar-refractivity contribution >= 4 is 21.6 Å². The van der Waals surface area contributed by atoms with Crippen molar-refractivity contribution in [2.24, 2.45) is 5.41 Å². The van der Waals surface area contributed by atoms with Crippen molar-refractivity contribution in [3.8, 4) is 0 Å². The number of sulfone groups is 1. The van der Waals surface area contributed by atoms with Crippen LogP contribution in [-0.4, -0.2) is 29.5 Å². The number of aromatic nitrogens is 2. The highest BCUT2D eigenvalue weighted by Gasteiger charge is 2.27. The monoisotopic (exact) mass is 396 g/mol. The van der Waals surface area contributed by atoms with Crippen LogP contribution in [0.2, 0.25) is 0 Å². The molecule has 142 valence electrons. The molecule has 0 radical (unpaired) electrons. The second kappa shape index (κ2) is 8.73. The molecule has 0 saturated heterocycles. The minimum Gasteiger partial charge on any atom is -0.291 e. The lowest BCUT2D eigenvalue weighted by Gasteiger charge is -2.24. The molecule has 1 N–H and O–H groups in total. The van der Waals surface area contributed by atoms with E-state index in [0.29, 0.717) is 10.8 Å². The fourth-order valence-electron chi connectivity index (χ4n) is 2.66. The summed E-state index contributed by atoms with van der Waals surface area (Å²) in [4.78, 5) is 25.2. The van der Waals surface area contributed by atoms with E-state index in [1.54, 1.807) is 42.1 Å². The van der Waals surface area contributed by atoms with Gasteiger partial charge in [0.1, 0.15) is 0 Å². The molecule has 0 fully saturated rings. The number of benzene rings is 1. The summed E-state index contributed by atoms with van der Waals surface area (Å²) in [5.41, 5.74) is -1.15. The third-order valence-electron chi connectivity index (χ3n) is 3.95. The predicted molar refractivity (Wildman–Crippen MR) is 105 cm³/mol. The van der Waals surface area contributed by atoms with Crippen molar-refractivity contribution < 1.29 is 8.42 Å². The maximum absolute atomic E-state index is 12.5. The normalized spacial score (nSPS) is 12.2. The first kappa shape index (κ1) is 20.5. The summed E-state index contributed by atoms with van der Waals surface area (Å²) in [7, 11) is -3.30. The van der Waals surface area contributed by atoms with E-state index in [-0.39, 0.29) is 11.2 Å². The van der Waals surface area contributed by atoms with Gasteiger partial charge >= 0.3 is 5.69 Å². The number of H-pyrrole nitrogens is 1. The van der Waals surface area contributed by atoms with E-state index in [0.717, 1.165) is 18.6 Å². The van der Waals surface area contributed by atoms with Crippen molar-refractivity contribution in [1.29, 1.82) is 0 Å². The fourth-order valence-corrected chi connectivity index (χ4v) is 5.45. The number of aromatic amines is 1. The van der Waals surface area contributed by atoms with E-state index in [2.05, 4.69) is 4.98 Å². The van der Waals surface area contributed by atoms with Crippen LogP contribution in [0.1, 0.15) is 26.7 Å². The molecule has 1 aromatic carbocycles. The smallest absolute Gasteiger partial charge is 0.291 e. The Hall–Kier alpha value is -1.80. The highest BCUT2D eigenvalue weighted by Crippen LogP contribution is 2.28. The van der Waals surface area contributed by atoms with Gasteiger partial charge in [0.2, 0.25) is 0 Å². The topological polar surface area (TPSA) is 89.0 Å². The second-order valence-electron chi connectivity index (χ2n) is 6.96. The molecule has 0 aliphatic carbocycles. The van der Waals surface area contributed by atoms with Gasteiger partial charge in [0, 0.05) is 12.3 Å². The zero-order valence-corrected chi connectivity index (χ0v) is 16.6. The van der Waals surface area contributed by atoms with Crippen LogP contribution < -0.4 is 11.2 Å². The summed E-state index contributed by atoms with van der Waals surface area (Å²) in [5.74, 6) is 1.37. The highest BCUT2D eigenvalue weighted by atomic mass is 32.2. The Morgan fingerprint density at radius 1 is 1.12 bits per heavy atom. The summed E-state index contributed by atoms with van der Waals surface area (Å²) in [5, 5.41) is 0. The quantitative estimate of drug-likeness (QED) is 0.658. The predicted octanol–water partition coefficient (Wildman–Crippen LogP) is 2.51. The molecule has 0 aliphatic rings. The number of hydrogen-bond donors (Lipinski definition) is 1. The molecule has 0 unspecified atom stereocenters. The van der Waals surface area contributed by atoms with Gasteiger partial charge in [-0.1, -0.05) is 32.0 Å². The molecule has 1 aromatic heterocycles. The average Bonchev–Trinajstić information content (AvgIpc) is 2.56. The molecule has 2 rings (SSSR count). The van der Waals surface area contributed by atoms with E-state index in [1.807, 2.05) is 13.8 Å². The maximum Gasteiger partial charge on any atom is 0.329 e. The molecule has 6 nitrogen and oxygen atoms in total. The molecule has 0 bridgehead atoms. The minimum absolute atomic E-state index is 0.105. The lowest BCUT2D eigenvalue weighted by atomic mass is 9.91. The molecule has 0 spiro atoms. The number of thioether (sulfide) groups is 1. The van der Waals surface area contributed by atoms with Crippen LogP contribution >= 0.6 is 11.8 Å². The first-order valence-corrected chi connectivity index (χ1v) is 11.2. The van der Waals surface area contributed by atoms with Crippen molar-refractivity contribution in [2.75, 3.05) is 11.5 Å². The Morgan fingerprint density at radius 3 is 2.46 bits per heavy atom. The van der Waals surface area contributed by atoms with Crippen molar-refractivity contribution in [3.63, 3.8) is 0 Å². The summed E-state index contributed by atoms with van der Waals surface area (Å²) in [6, 6.07) is 9.84. The van der Waals surface area contributed by atoms with Crippen LogP contribution in [0, 0.1) is 5.41 Å². The molecule has 0 atom stereocenters. The van der Waals surface area contributed by atoms with Crippen molar-refractivity contribution in [2.45, 2.75) is 37.5 Å². The van der Waals surface area contributed by atoms with E-state index in [1.165, 1.54) is 16.8 Å². The largest absolute Gasteiger partial charge is 0.329 e. The van der Waals surface area contributed by atoms with Gasteiger partial charge in [-0.05, 0) is 36.1 Å². The standard InChI is InChI=1S/C18H24N2O4S2/c1-18(2,13-26(23,24)15-7-4-3-5-8-15)10-6-12-25-14-20-11-9-16(21)19-17(20)22/h3-5,7-9,11H,6,10,12-14H2,1-2H3,(H,19,21,22). The van der Waals surface area contributed by atoms with Gasteiger partial charge in [-0.25, -0.2) is 13.2 Å². The molecule has 2 aromatic rings. The van der Waals surface area contributed by atoms with Crippen LogP contribution in [0.3, 0.4) is 0 Å². The van der Waals surface area contributed by atoms with E-state index in [4.69, 9.17) is 0 Å². The summed E-state index contributed by atoms with van der Waals surface area (Å²) < 4.78 is 26.5. The Bertz CT molecular complexity index is 931. The first-order chi connectivity index (χ1) is 12.2. The Morgan fingerprint density at radius 2 is 1.81 bits per heavy atom. The third-order valence-corrected chi connectivity index (χ3v) is 7.14. The van der Waals surface area contributed by atoms with Crippen LogP contribution in [0.15, 0.2) is 57.1 Å². The van der Waals surface area contributed by atoms with Crippen LogP contribution in [-0.2, 0) is 15.7 Å². The fraction of sp³-hybridized carbons (Fsp3) is 0.444. The summed E-state index contributed by atoms with van der Waals surface area (Å²) in [6.07, 6.45) is 3.09. The lowest BCUT2D eigenvalue weighted by Crippen LogP contribution is -2.28. The third kappa shape index (κ3) is 6.17. The Balaban J connectivity index is 1.81. The van der Waals surface area contributed by atoms with Gasteiger partial charge in [0.25, 0.3) is 5.56 Å². The van der Waals surface area contributed by atoms with Gasteiger partial charge in [-0.15, -0.1) is 11.8 Å². The highest BCUT2D eigenvalue weighted by molar-refractivity contribution is 7.98. The van der Waals surface area contributed by atoms with Crippen LogP contribution in [0.25, 0.3) is 0 Å². The van der Waals surface area contributed by atoms with Gasteiger partial charge < -0.3 is 0 Å². The number of nitrogens with zero attached hydrogens (tertiary/aromatic N) is 1. The van der Waals surface area contributed by atoms with Crippen LogP contribution in [0.5, 0.6) is 0 Å². The molecular weight excluding hydrogens is 372 g/mol. The van der Waals surface area contributed by atoms with E-state index in [9.17, 15) is 18.0 Å². The average molecular weight is 397 g/mol. The molecule has 0 saturated carbocycles. The van der Waals surface area contributed by atoms with Crippen LogP contribution in [0.4, 0.5) is 0 Å². The zero-order chi connectivity index (χ0) is 19.2. The van der Waals surface area contributed by atoms with Gasteiger partial charge in [0.15, 0.2) is 9.84 Å². The van der Waals surface area contributed by atoms with Crippen molar-refractivity contribution in [1.82, 2.24) is 9.55 Å². The van der Waals surface area contributed by atoms with E-state index < -0.39 is 21.1 Å². The maximum atomic E-state index is 12.5. The molecule has 26 heavy (non-hydrogen) atoms. The molecular formula is C18H24N2O4S2. The Kier molecular flexibility index (Phi) is 6.88. The summed E-state index contributed by atoms with van der Waals surface area (Å²) in [6.45, 7) is 3.93. The van der Waals surface area contributed by atoms with Gasteiger partial charge in [0.05, 0.1) is 16.5 Å². The SMILES string of the molecule is CC(C)(CCCSCn1ccc(=O)[nH]c1=O)CS(=O)(=O)c1ccccc1. The molecule has 8 heteroatoms. The Labute approximate surface area is 157 Å². The van der Waals surface area contributed by atoms with Crippen molar-refractivity contribution in [3.05, 3.63) is 63.4 Å². The zero-order valence-electron chi connectivity index (χ0n) is 15.0. The van der Waals surface area contributed by atoms with Gasteiger partial charge in [-0.2, -0.15) is 0 Å². The summed E-state index contributed by atoms with van der Waals surface area (Å²) >= 11 is 1.57. The first-order valence-electron chi connectivity index (χ1n) is 8.35. The van der Waals surface area contributed by atoms with E-state index >= 15 is 0 Å². The lowest BCUT2D eigenvalue weighted by molar-refractivity contribution is 0.375. The number of rotatable bonds is 9. The second-order valence-corrected chi connectivity index (χ2v) is 10.0. The van der Waals surface area contributed by atoms with Gasteiger partial charge in [-0.3, -0.25) is 14.3 Å².